The molecule has 0 aromatic carbocycles. The van der Waals surface area contributed by atoms with Gasteiger partial charge in [-0.25, -0.2) is 8.42 Å². The Labute approximate surface area is 192 Å². The normalized spacial score (nSPS) is 11.7. The van der Waals surface area contributed by atoms with Crippen LogP contribution in [0.2, 0.25) is 0 Å². The van der Waals surface area contributed by atoms with E-state index in [2.05, 4.69) is 15.5 Å². The third-order valence-corrected chi connectivity index (χ3v) is 9.30. The van der Waals surface area contributed by atoms with Gasteiger partial charge in [0.25, 0.3) is 5.56 Å². The first-order chi connectivity index (χ1) is 14.8. The summed E-state index contributed by atoms with van der Waals surface area (Å²) in [6, 6.07) is 6.42. The quantitative estimate of drug-likeness (QED) is 0.337. The van der Waals surface area contributed by atoms with Crippen molar-refractivity contribution in [3.05, 3.63) is 51.1 Å². The molecule has 0 fully saturated rings. The average Bonchev–Trinajstić information content (AvgIpc) is 3.40. The second kappa shape index (κ2) is 10.5. The number of thioether (sulfide) groups is 1. The van der Waals surface area contributed by atoms with Crippen LogP contribution in [0.4, 0.5) is 5.13 Å². The molecule has 1 N–H and O–H groups in total. The maximum atomic E-state index is 12.7. The molecular formula is C18H21N5O4S4. The van der Waals surface area contributed by atoms with Gasteiger partial charge in [0.05, 0.1) is 4.90 Å². The molecule has 3 rings (SSSR count). The summed E-state index contributed by atoms with van der Waals surface area (Å²) in [5, 5.41) is 12.9. The number of pyridine rings is 1. The number of amides is 1. The number of rotatable bonds is 10. The van der Waals surface area contributed by atoms with Crippen LogP contribution >= 0.6 is 34.4 Å². The standard InChI is InChI=1S/C18H21N5O4S4/c1-3-23(4-2)31(26,27)14-7-8-16(25)22(10-14)11-15(24)19-17-20-21-18(30-17)29-12-13-6-5-9-28-13/h5-10H,3-4,11-12H2,1-2H3,(H,19,20,24). The zero-order valence-electron chi connectivity index (χ0n) is 16.8. The fraction of sp³-hybridized carbons (Fsp3) is 0.333. The van der Waals surface area contributed by atoms with E-state index in [-0.39, 0.29) is 11.4 Å². The van der Waals surface area contributed by atoms with Crippen molar-refractivity contribution in [3.8, 4) is 0 Å². The smallest absolute Gasteiger partial charge is 0.251 e. The van der Waals surface area contributed by atoms with E-state index in [1.165, 1.54) is 44.5 Å². The van der Waals surface area contributed by atoms with E-state index in [1.807, 2.05) is 17.5 Å². The highest BCUT2D eigenvalue weighted by Crippen LogP contribution is 2.29. The van der Waals surface area contributed by atoms with Crippen molar-refractivity contribution in [3.63, 3.8) is 0 Å². The van der Waals surface area contributed by atoms with E-state index in [1.54, 1.807) is 25.2 Å². The zero-order chi connectivity index (χ0) is 22.4. The van der Waals surface area contributed by atoms with E-state index in [9.17, 15) is 18.0 Å². The van der Waals surface area contributed by atoms with Crippen molar-refractivity contribution in [2.45, 2.75) is 35.4 Å². The Morgan fingerprint density at radius 2 is 2.00 bits per heavy atom. The number of carbonyl (C=O) groups is 1. The molecule has 0 radical (unpaired) electrons. The van der Waals surface area contributed by atoms with Gasteiger partial charge in [-0.3, -0.25) is 14.9 Å². The number of nitrogens with zero attached hydrogens (tertiary/aromatic N) is 4. The maximum absolute atomic E-state index is 12.7. The van der Waals surface area contributed by atoms with Crippen molar-refractivity contribution in [1.29, 1.82) is 0 Å². The fourth-order valence-electron chi connectivity index (χ4n) is 2.66. The predicted molar refractivity (Wildman–Crippen MR) is 123 cm³/mol. The fourth-order valence-corrected chi connectivity index (χ4v) is 6.68. The molecule has 31 heavy (non-hydrogen) atoms. The second-order valence-electron chi connectivity index (χ2n) is 6.21. The number of thiophene rings is 1. The van der Waals surface area contributed by atoms with E-state index < -0.39 is 21.5 Å². The maximum Gasteiger partial charge on any atom is 0.251 e. The number of carbonyl (C=O) groups excluding carboxylic acids is 1. The SMILES string of the molecule is CCN(CC)S(=O)(=O)c1ccc(=O)n(CC(=O)Nc2nnc(SCc3cccs3)s2)c1. The summed E-state index contributed by atoms with van der Waals surface area (Å²) in [7, 11) is -3.74. The molecule has 0 unspecified atom stereocenters. The van der Waals surface area contributed by atoms with Crippen molar-refractivity contribution in [2.24, 2.45) is 0 Å². The highest BCUT2D eigenvalue weighted by molar-refractivity contribution is 8.00. The molecule has 0 aliphatic rings. The van der Waals surface area contributed by atoms with Crippen molar-refractivity contribution in [1.82, 2.24) is 19.1 Å². The minimum Gasteiger partial charge on any atom is -0.305 e. The Hall–Kier alpha value is -2.06. The van der Waals surface area contributed by atoms with Gasteiger partial charge in [0, 0.05) is 36.0 Å². The molecule has 0 atom stereocenters. The molecule has 3 heterocycles. The lowest BCUT2D eigenvalue weighted by Gasteiger charge is -2.18. The molecule has 0 aliphatic carbocycles. The van der Waals surface area contributed by atoms with Crippen molar-refractivity contribution >= 4 is 55.5 Å². The monoisotopic (exact) mass is 499 g/mol. The Bertz CT molecular complexity index is 1180. The molecule has 1 amide bonds. The van der Waals surface area contributed by atoms with Gasteiger partial charge in [-0.15, -0.1) is 21.5 Å². The van der Waals surface area contributed by atoms with Gasteiger partial charge < -0.3 is 4.57 Å². The van der Waals surface area contributed by atoms with Gasteiger partial charge in [-0.1, -0.05) is 43.0 Å². The van der Waals surface area contributed by atoms with Crippen LogP contribution in [0, 0.1) is 0 Å². The van der Waals surface area contributed by atoms with Crippen LogP contribution in [0.5, 0.6) is 0 Å². The summed E-state index contributed by atoms with van der Waals surface area (Å²) in [6.45, 7) is 3.75. The summed E-state index contributed by atoms with van der Waals surface area (Å²) in [6.07, 6.45) is 1.19. The number of hydrogen-bond donors (Lipinski definition) is 1. The predicted octanol–water partition coefficient (Wildman–Crippen LogP) is 2.72. The minimum atomic E-state index is -3.74. The lowest BCUT2D eigenvalue weighted by molar-refractivity contribution is -0.116. The molecule has 0 saturated carbocycles. The molecule has 0 spiro atoms. The highest BCUT2D eigenvalue weighted by Gasteiger charge is 2.22. The molecule has 166 valence electrons. The first-order valence-electron chi connectivity index (χ1n) is 9.32. The number of hydrogen-bond acceptors (Lipinski definition) is 9. The third-order valence-electron chi connectivity index (χ3n) is 4.18. The molecule has 0 bridgehead atoms. The summed E-state index contributed by atoms with van der Waals surface area (Å²) in [5.74, 6) is 0.272. The van der Waals surface area contributed by atoms with Crippen LogP contribution in [0.1, 0.15) is 18.7 Å². The Morgan fingerprint density at radius 3 is 2.68 bits per heavy atom. The highest BCUT2D eigenvalue weighted by atomic mass is 32.2. The van der Waals surface area contributed by atoms with E-state index in [0.29, 0.717) is 22.6 Å². The lowest BCUT2D eigenvalue weighted by atomic mass is 10.4. The molecule has 3 aromatic heterocycles. The summed E-state index contributed by atoms with van der Waals surface area (Å²) in [4.78, 5) is 25.7. The minimum absolute atomic E-state index is 0.0354. The van der Waals surface area contributed by atoms with Crippen molar-refractivity contribution in [2.75, 3.05) is 18.4 Å². The van der Waals surface area contributed by atoms with E-state index in [4.69, 9.17) is 0 Å². The lowest BCUT2D eigenvalue weighted by Crippen LogP contribution is -2.33. The number of sulfonamides is 1. The second-order valence-corrected chi connectivity index (χ2v) is 11.4. The molecule has 13 heteroatoms. The van der Waals surface area contributed by atoms with Gasteiger partial charge in [-0.05, 0) is 17.5 Å². The van der Waals surface area contributed by atoms with Crippen LogP contribution in [-0.4, -0.2) is 46.5 Å². The van der Waals surface area contributed by atoms with Gasteiger partial charge in [0.2, 0.25) is 21.1 Å². The first-order valence-corrected chi connectivity index (χ1v) is 13.4. The number of aromatic nitrogens is 3. The van der Waals surface area contributed by atoms with Gasteiger partial charge >= 0.3 is 0 Å². The summed E-state index contributed by atoms with van der Waals surface area (Å²) < 4.78 is 28.4. The van der Waals surface area contributed by atoms with E-state index >= 15 is 0 Å². The Kier molecular flexibility index (Phi) is 8.00. The van der Waals surface area contributed by atoms with Crippen molar-refractivity contribution < 1.29 is 13.2 Å². The number of anilines is 1. The van der Waals surface area contributed by atoms with Crippen LogP contribution in [0.15, 0.2) is 49.9 Å². The van der Waals surface area contributed by atoms with Crippen LogP contribution in [0.25, 0.3) is 0 Å². The molecule has 0 saturated heterocycles. The third kappa shape index (κ3) is 6.01. The molecule has 3 aromatic rings. The Morgan fingerprint density at radius 1 is 1.23 bits per heavy atom. The van der Waals surface area contributed by atoms with Crippen LogP contribution in [-0.2, 0) is 27.1 Å². The summed E-state index contributed by atoms with van der Waals surface area (Å²) >= 11 is 4.42. The Balaban J connectivity index is 1.66. The first kappa shape index (κ1) is 23.6. The molecular weight excluding hydrogens is 478 g/mol. The zero-order valence-corrected chi connectivity index (χ0v) is 20.1. The molecule has 9 nitrogen and oxygen atoms in total. The molecule has 0 aliphatic heterocycles. The topological polar surface area (TPSA) is 114 Å². The van der Waals surface area contributed by atoms with E-state index in [0.717, 1.165) is 16.4 Å². The average molecular weight is 500 g/mol. The van der Waals surface area contributed by atoms with Gasteiger partial charge in [0.15, 0.2) is 4.34 Å². The number of nitrogens with one attached hydrogen (secondary N) is 1. The van der Waals surface area contributed by atoms with Gasteiger partial charge in [0.1, 0.15) is 6.54 Å². The largest absolute Gasteiger partial charge is 0.305 e. The van der Waals surface area contributed by atoms with Crippen LogP contribution < -0.4 is 10.9 Å². The van der Waals surface area contributed by atoms with Gasteiger partial charge in [-0.2, -0.15) is 4.31 Å². The summed E-state index contributed by atoms with van der Waals surface area (Å²) in [5.41, 5.74) is -0.474. The van der Waals surface area contributed by atoms with Crippen LogP contribution in [0.3, 0.4) is 0 Å².